The molecular weight excluding hydrogens is 282 g/mol. The smallest absolute Gasteiger partial charge is 0.323 e. The van der Waals surface area contributed by atoms with Gasteiger partial charge in [-0.15, -0.1) is 0 Å². The molecule has 2 rings (SSSR count). The fourth-order valence-electron chi connectivity index (χ4n) is 2.44. The number of carboxylic acid groups (broad SMARTS) is 1. The van der Waals surface area contributed by atoms with Gasteiger partial charge in [0.1, 0.15) is 12.4 Å². The van der Waals surface area contributed by atoms with Crippen LogP contribution in [0.5, 0.6) is 0 Å². The Bertz CT molecular complexity index is 673. The molecule has 0 saturated heterocycles. The highest BCUT2D eigenvalue weighted by molar-refractivity contribution is 6.01. The lowest BCUT2D eigenvalue weighted by Gasteiger charge is -2.21. The number of carboxylic acids is 1. The molecule has 22 heavy (non-hydrogen) atoms. The van der Waals surface area contributed by atoms with Crippen LogP contribution in [0.25, 0.3) is 10.8 Å². The molecule has 0 amide bonds. The average molecular weight is 303 g/mol. The molecule has 0 radical (unpaired) electrons. The van der Waals surface area contributed by atoms with Crippen molar-refractivity contribution in [3.63, 3.8) is 0 Å². The number of fused-ring (bicyclic) bond motifs is 1. The third-order valence-corrected chi connectivity index (χ3v) is 3.41. The summed E-state index contributed by atoms with van der Waals surface area (Å²) >= 11 is 0. The molecule has 1 heterocycles. The lowest BCUT2D eigenvalue weighted by atomic mass is 10.1. The third kappa shape index (κ3) is 3.46. The molecule has 6 nitrogen and oxygen atoms in total. The SMILES string of the molecule is COCCNc1c(C)nc(N(C)CC(=O)O)c2ccccc12. The Kier molecular flexibility index (Phi) is 5.16. The molecule has 0 spiro atoms. The predicted octanol–water partition coefficient (Wildman–Crippen LogP) is 2.12. The van der Waals surface area contributed by atoms with Gasteiger partial charge in [-0.25, -0.2) is 4.98 Å². The maximum absolute atomic E-state index is 10.9. The van der Waals surface area contributed by atoms with E-state index >= 15 is 0 Å². The highest BCUT2D eigenvalue weighted by atomic mass is 16.5. The zero-order chi connectivity index (χ0) is 16.1. The molecule has 1 aromatic heterocycles. The number of nitrogens with zero attached hydrogens (tertiary/aromatic N) is 2. The van der Waals surface area contributed by atoms with Gasteiger partial charge in [-0.2, -0.15) is 0 Å². The largest absolute Gasteiger partial charge is 0.480 e. The fourth-order valence-corrected chi connectivity index (χ4v) is 2.44. The van der Waals surface area contributed by atoms with Crippen LogP contribution in [0.3, 0.4) is 0 Å². The van der Waals surface area contributed by atoms with Crippen molar-refractivity contribution >= 4 is 28.2 Å². The van der Waals surface area contributed by atoms with Gasteiger partial charge < -0.3 is 20.1 Å². The van der Waals surface area contributed by atoms with Gasteiger partial charge in [0, 0.05) is 31.5 Å². The van der Waals surface area contributed by atoms with Crippen molar-refractivity contribution in [1.29, 1.82) is 0 Å². The first-order chi connectivity index (χ1) is 10.5. The summed E-state index contributed by atoms with van der Waals surface area (Å²) in [5.41, 5.74) is 1.79. The van der Waals surface area contributed by atoms with E-state index < -0.39 is 5.97 Å². The number of anilines is 2. The zero-order valence-corrected chi connectivity index (χ0v) is 13.1. The molecule has 0 unspecified atom stereocenters. The summed E-state index contributed by atoms with van der Waals surface area (Å²) in [7, 11) is 3.40. The van der Waals surface area contributed by atoms with Crippen molar-refractivity contribution < 1.29 is 14.6 Å². The summed E-state index contributed by atoms with van der Waals surface area (Å²) in [5, 5.41) is 14.3. The Morgan fingerprint density at radius 1 is 1.36 bits per heavy atom. The van der Waals surface area contributed by atoms with Crippen LogP contribution in [0.4, 0.5) is 11.5 Å². The maximum Gasteiger partial charge on any atom is 0.323 e. The molecule has 1 aromatic carbocycles. The summed E-state index contributed by atoms with van der Waals surface area (Å²) in [4.78, 5) is 17.2. The number of aliphatic carboxylic acids is 1. The third-order valence-electron chi connectivity index (χ3n) is 3.41. The predicted molar refractivity (Wildman–Crippen MR) is 87.8 cm³/mol. The average Bonchev–Trinajstić information content (AvgIpc) is 2.48. The standard InChI is InChI=1S/C16H21N3O3/c1-11-15(17-8-9-22-3)12-6-4-5-7-13(12)16(18-11)19(2)10-14(20)21/h4-7,17H,8-10H2,1-3H3,(H,20,21). The lowest BCUT2D eigenvalue weighted by Crippen LogP contribution is -2.26. The van der Waals surface area contributed by atoms with Gasteiger partial charge >= 0.3 is 5.97 Å². The minimum Gasteiger partial charge on any atom is -0.480 e. The Morgan fingerprint density at radius 3 is 2.68 bits per heavy atom. The second-order valence-electron chi connectivity index (χ2n) is 5.11. The van der Waals surface area contributed by atoms with Gasteiger partial charge in [0.05, 0.1) is 18.0 Å². The number of carbonyl (C=O) groups is 1. The number of methoxy groups -OCH3 is 1. The molecule has 0 saturated carbocycles. The van der Waals surface area contributed by atoms with Gasteiger partial charge in [0.15, 0.2) is 0 Å². The highest BCUT2D eigenvalue weighted by Gasteiger charge is 2.15. The quantitative estimate of drug-likeness (QED) is 0.763. The van der Waals surface area contributed by atoms with Crippen LogP contribution in [0.1, 0.15) is 5.69 Å². The number of likely N-dealkylation sites (N-methyl/N-ethyl adjacent to an activating group) is 1. The summed E-state index contributed by atoms with van der Waals surface area (Å²) in [6.07, 6.45) is 0. The van der Waals surface area contributed by atoms with Crippen LogP contribution < -0.4 is 10.2 Å². The van der Waals surface area contributed by atoms with Crippen molar-refractivity contribution in [3.8, 4) is 0 Å². The van der Waals surface area contributed by atoms with E-state index in [4.69, 9.17) is 9.84 Å². The molecule has 6 heteroatoms. The number of aromatic nitrogens is 1. The molecule has 0 aliphatic carbocycles. The molecule has 0 aliphatic heterocycles. The lowest BCUT2D eigenvalue weighted by molar-refractivity contribution is -0.135. The first kappa shape index (κ1) is 16.0. The topological polar surface area (TPSA) is 74.7 Å². The molecule has 118 valence electrons. The van der Waals surface area contributed by atoms with Gasteiger partial charge in [0.25, 0.3) is 0 Å². The van der Waals surface area contributed by atoms with E-state index in [1.165, 1.54) is 0 Å². The van der Waals surface area contributed by atoms with E-state index in [-0.39, 0.29) is 6.54 Å². The van der Waals surface area contributed by atoms with E-state index in [2.05, 4.69) is 10.3 Å². The number of pyridine rings is 1. The summed E-state index contributed by atoms with van der Waals surface area (Å²) < 4.78 is 5.06. The maximum atomic E-state index is 10.9. The fraction of sp³-hybridized carbons (Fsp3) is 0.375. The first-order valence-electron chi connectivity index (χ1n) is 7.09. The molecule has 2 N–H and O–H groups in total. The van der Waals surface area contributed by atoms with Crippen LogP contribution in [0, 0.1) is 6.92 Å². The Hall–Kier alpha value is -2.34. The van der Waals surface area contributed by atoms with Crippen LogP contribution in [0.15, 0.2) is 24.3 Å². The van der Waals surface area contributed by atoms with Crippen molar-refractivity contribution in [2.75, 3.05) is 44.1 Å². The summed E-state index contributed by atoms with van der Waals surface area (Å²) in [6, 6.07) is 7.86. The Labute approximate surface area is 129 Å². The number of hydrogen-bond acceptors (Lipinski definition) is 5. The number of hydrogen-bond donors (Lipinski definition) is 2. The van der Waals surface area contributed by atoms with Gasteiger partial charge in [-0.1, -0.05) is 24.3 Å². The molecule has 2 aromatic rings. The van der Waals surface area contributed by atoms with Crippen molar-refractivity contribution in [1.82, 2.24) is 4.98 Å². The molecule has 0 bridgehead atoms. The number of rotatable bonds is 7. The second-order valence-corrected chi connectivity index (χ2v) is 5.11. The van der Waals surface area contributed by atoms with Crippen LogP contribution >= 0.6 is 0 Å². The Balaban J connectivity index is 2.48. The number of nitrogens with one attached hydrogen (secondary N) is 1. The first-order valence-corrected chi connectivity index (χ1v) is 7.09. The Morgan fingerprint density at radius 2 is 2.05 bits per heavy atom. The van der Waals surface area contributed by atoms with Crippen LogP contribution in [-0.2, 0) is 9.53 Å². The van der Waals surface area contributed by atoms with E-state index in [1.807, 2.05) is 31.2 Å². The molecule has 0 fully saturated rings. The molecular formula is C16H21N3O3. The second kappa shape index (κ2) is 7.09. The van der Waals surface area contributed by atoms with Gasteiger partial charge in [0.2, 0.25) is 0 Å². The van der Waals surface area contributed by atoms with Gasteiger partial charge in [-0.05, 0) is 6.92 Å². The molecule has 0 atom stereocenters. The highest BCUT2D eigenvalue weighted by Crippen LogP contribution is 2.32. The van der Waals surface area contributed by atoms with E-state index in [0.717, 1.165) is 22.2 Å². The van der Waals surface area contributed by atoms with E-state index in [9.17, 15) is 4.79 Å². The van der Waals surface area contributed by atoms with Crippen molar-refractivity contribution in [2.24, 2.45) is 0 Å². The van der Waals surface area contributed by atoms with Gasteiger partial charge in [-0.3, -0.25) is 4.79 Å². The number of ether oxygens (including phenoxy) is 1. The zero-order valence-electron chi connectivity index (χ0n) is 13.1. The van der Waals surface area contributed by atoms with E-state index in [1.54, 1.807) is 19.1 Å². The van der Waals surface area contributed by atoms with Crippen LogP contribution in [0.2, 0.25) is 0 Å². The van der Waals surface area contributed by atoms with Crippen molar-refractivity contribution in [2.45, 2.75) is 6.92 Å². The summed E-state index contributed by atoms with van der Waals surface area (Å²) in [5.74, 6) is -0.207. The van der Waals surface area contributed by atoms with E-state index in [0.29, 0.717) is 19.0 Å². The molecule has 0 aliphatic rings. The minimum absolute atomic E-state index is 0.0904. The summed E-state index contributed by atoms with van der Waals surface area (Å²) in [6.45, 7) is 3.12. The number of benzene rings is 1. The van der Waals surface area contributed by atoms with Crippen molar-refractivity contribution in [3.05, 3.63) is 30.0 Å². The van der Waals surface area contributed by atoms with Crippen LogP contribution in [-0.4, -0.2) is 49.9 Å². The minimum atomic E-state index is -0.881. The normalized spacial score (nSPS) is 10.7. The number of aryl methyl sites for hydroxylation is 1. The monoisotopic (exact) mass is 303 g/mol.